The third-order valence-corrected chi connectivity index (χ3v) is 8.50. The number of nitrogens with zero attached hydrogens (tertiary/aromatic N) is 4. The number of unbranched alkanes of at least 4 members (excludes halogenated alkanes) is 1. The van der Waals surface area contributed by atoms with Crippen molar-refractivity contribution in [3.8, 4) is 11.5 Å². The van der Waals surface area contributed by atoms with Gasteiger partial charge in [-0.1, -0.05) is 42.9 Å². The number of pyridine rings is 1. The van der Waals surface area contributed by atoms with E-state index >= 15 is 0 Å². The van der Waals surface area contributed by atoms with Gasteiger partial charge in [0.25, 0.3) is 5.78 Å². The summed E-state index contributed by atoms with van der Waals surface area (Å²) >= 11 is 1.27. The maximum Gasteiger partial charge on any atom is 0.301 e. The van der Waals surface area contributed by atoms with Gasteiger partial charge in [0.2, 0.25) is 0 Å². The molecule has 1 aliphatic heterocycles. The average molecular weight is 583 g/mol. The second-order valence-electron chi connectivity index (χ2n) is 10.2. The lowest BCUT2D eigenvalue weighted by atomic mass is 9.96. The molecule has 0 spiro atoms. The molecule has 4 heterocycles. The Bertz CT molecular complexity index is 1890. The number of Topliss-reactive ketones (excluding diaryl/α,β-unsaturated/α-hetero) is 1. The van der Waals surface area contributed by atoms with Crippen molar-refractivity contribution in [2.24, 2.45) is 0 Å². The lowest BCUT2D eigenvalue weighted by Gasteiger charge is -2.23. The number of ketones is 1. The van der Waals surface area contributed by atoms with Gasteiger partial charge in [0, 0.05) is 6.20 Å². The predicted octanol–water partition coefficient (Wildman–Crippen LogP) is 6.37. The molecule has 1 atom stereocenters. The monoisotopic (exact) mass is 582 g/mol. The van der Waals surface area contributed by atoms with Crippen LogP contribution in [0.3, 0.4) is 0 Å². The molecule has 10 heteroatoms. The highest BCUT2D eigenvalue weighted by atomic mass is 32.1. The van der Waals surface area contributed by atoms with Gasteiger partial charge in [0.05, 0.1) is 41.2 Å². The van der Waals surface area contributed by atoms with Crippen molar-refractivity contribution in [2.45, 2.75) is 39.7 Å². The van der Waals surface area contributed by atoms with Gasteiger partial charge in [-0.3, -0.25) is 14.5 Å². The SMILES string of the molecule is CCCCOc1cccc(C2/C(=C(\O)c3nc4c(C)cccn4c3C)C(=O)C(=O)N2c2nc3ccc(OC)cc3s2)c1. The van der Waals surface area contributed by atoms with E-state index in [1.54, 1.807) is 13.2 Å². The van der Waals surface area contributed by atoms with Crippen molar-refractivity contribution in [3.05, 3.63) is 88.9 Å². The summed E-state index contributed by atoms with van der Waals surface area (Å²) in [5, 5.41) is 12.1. The molecule has 42 heavy (non-hydrogen) atoms. The van der Waals surface area contributed by atoms with Gasteiger partial charge in [-0.2, -0.15) is 0 Å². The van der Waals surface area contributed by atoms with E-state index in [4.69, 9.17) is 14.5 Å². The average Bonchev–Trinajstić information content (AvgIpc) is 3.65. The molecule has 6 rings (SSSR count). The number of aryl methyl sites for hydroxylation is 2. The summed E-state index contributed by atoms with van der Waals surface area (Å²) in [6.07, 6.45) is 3.73. The highest BCUT2D eigenvalue weighted by Crippen LogP contribution is 2.45. The van der Waals surface area contributed by atoms with E-state index in [0.29, 0.717) is 45.7 Å². The van der Waals surface area contributed by atoms with Gasteiger partial charge < -0.3 is 19.0 Å². The van der Waals surface area contributed by atoms with Crippen LogP contribution in [0.1, 0.15) is 48.3 Å². The molecule has 0 bridgehead atoms. The molecule has 9 nitrogen and oxygen atoms in total. The number of fused-ring (bicyclic) bond motifs is 2. The second-order valence-corrected chi connectivity index (χ2v) is 11.2. The first-order valence-electron chi connectivity index (χ1n) is 13.7. The van der Waals surface area contributed by atoms with E-state index < -0.39 is 17.7 Å². The largest absolute Gasteiger partial charge is 0.505 e. The number of carbonyl (C=O) groups is 2. The number of carbonyl (C=O) groups excluding carboxylic acids is 2. The van der Waals surface area contributed by atoms with Crippen molar-refractivity contribution in [2.75, 3.05) is 18.6 Å². The first-order valence-corrected chi connectivity index (χ1v) is 14.6. The van der Waals surface area contributed by atoms with Crippen LogP contribution >= 0.6 is 11.3 Å². The highest BCUT2D eigenvalue weighted by Gasteiger charge is 2.48. The summed E-state index contributed by atoms with van der Waals surface area (Å²) in [6.45, 7) is 6.38. The van der Waals surface area contributed by atoms with Crippen LogP contribution in [0, 0.1) is 13.8 Å². The Morgan fingerprint density at radius 2 is 1.88 bits per heavy atom. The van der Waals surface area contributed by atoms with Gasteiger partial charge >= 0.3 is 5.91 Å². The van der Waals surface area contributed by atoms with Crippen LogP contribution in [0.25, 0.3) is 21.6 Å². The third kappa shape index (κ3) is 4.57. The maximum absolute atomic E-state index is 13.8. The molecular weight excluding hydrogens is 552 g/mol. The standard InChI is InChI=1S/C32H30N4O5S/c1-5-6-15-41-22-11-7-10-20(16-22)27-25(28(37)26-19(3)35-14-8-9-18(2)30(35)34-26)29(38)31(39)36(27)32-33-23-13-12-21(40-4)17-24(23)42-32/h7-14,16-17,27,37H,5-6,15H2,1-4H3/b28-25+. The molecule has 3 aromatic heterocycles. The molecule has 0 saturated carbocycles. The normalized spacial score (nSPS) is 16.6. The minimum Gasteiger partial charge on any atom is -0.505 e. The number of methoxy groups -OCH3 is 1. The summed E-state index contributed by atoms with van der Waals surface area (Å²) in [7, 11) is 1.58. The van der Waals surface area contributed by atoms with E-state index in [0.717, 1.165) is 23.1 Å². The first kappa shape index (κ1) is 27.5. The number of rotatable bonds is 8. The topological polar surface area (TPSA) is 106 Å². The fourth-order valence-electron chi connectivity index (χ4n) is 5.25. The number of ether oxygens (including phenoxy) is 2. The van der Waals surface area contributed by atoms with Gasteiger partial charge in [0.1, 0.15) is 22.8 Å². The third-order valence-electron chi connectivity index (χ3n) is 7.48. The Morgan fingerprint density at radius 1 is 1.05 bits per heavy atom. The number of aliphatic hydroxyl groups is 1. The summed E-state index contributed by atoms with van der Waals surface area (Å²) in [6, 6.07) is 15.6. The van der Waals surface area contributed by atoms with Crippen molar-refractivity contribution in [1.82, 2.24) is 14.4 Å². The molecule has 1 amide bonds. The molecule has 214 valence electrons. The zero-order chi connectivity index (χ0) is 29.5. The molecule has 5 aromatic rings. The lowest BCUT2D eigenvalue weighted by Crippen LogP contribution is -2.29. The number of benzene rings is 2. The highest BCUT2D eigenvalue weighted by molar-refractivity contribution is 7.22. The van der Waals surface area contributed by atoms with Crippen LogP contribution in [0.2, 0.25) is 0 Å². The van der Waals surface area contributed by atoms with Crippen molar-refractivity contribution >= 4 is 49.8 Å². The summed E-state index contributed by atoms with van der Waals surface area (Å²) < 4.78 is 14.0. The van der Waals surface area contributed by atoms with Gasteiger partial charge in [-0.05, 0) is 67.8 Å². The molecule has 1 aliphatic rings. The maximum atomic E-state index is 13.8. The van der Waals surface area contributed by atoms with E-state index in [1.165, 1.54) is 16.2 Å². The Balaban J connectivity index is 1.55. The number of imidazole rings is 1. The molecule has 1 unspecified atom stereocenters. The van der Waals surface area contributed by atoms with E-state index in [-0.39, 0.29) is 17.0 Å². The molecule has 1 fully saturated rings. The quantitative estimate of drug-likeness (QED) is 0.0980. The smallest absolute Gasteiger partial charge is 0.301 e. The van der Waals surface area contributed by atoms with Crippen LogP contribution in [0.15, 0.2) is 66.4 Å². The minimum absolute atomic E-state index is 0.0493. The Kier molecular flexibility index (Phi) is 7.16. The zero-order valence-corrected chi connectivity index (χ0v) is 24.6. The fourth-order valence-corrected chi connectivity index (χ4v) is 6.27. The zero-order valence-electron chi connectivity index (χ0n) is 23.7. The van der Waals surface area contributed by atoms with Crippen LogP contribution in [0.5, 0.6) is 11.5 Å². The van der Waals surface area contributed by atoms with Crippen LogP contribution in [-0.2, 0) is 9.59 Å². The van der Waals surface area contributed by atoms with Crippen LogP contribution in [-0.4, -0.2) is 44.9 Å². The first-order chi connectivity index (χ1) is 20.3. The second kappa shape index (κ2) is 10.9. The lowest BCUT2D eigenvalue weighted by molar-refractivity contribution is -0.132. The Labute approximate surface area is 246 Å². The number of anilines is 1. The Morgan fingerprint density at radius 3 is 2.64 bits per heavy atom. The summed E-state index contributed by atoms with van der Waals surface area (Å²) in [5.74, 6) is -0.644. The van der Waals surface area contributed by atoms with Crippen molar-refractivity contribution in [3.63, 3.8) is 0 Å². The number of thiazole rings is 1. The van der Waals surface area contributed by atoms with Crippen LogP contribution < -0.4 is 14.4 Å². The fraction of sp³-hybridized carbons (Fsp3) is 0.250. The molecule has 2 aromatic carbocycles. The molecule has 1 N–H and O–H groups in total. The number of amides is 1. The molecule has 0 radical (unpaired) electrons. The minimum atomic E-state index is -0.951. The number of aromatic nitrogens is 3. The molecule has 1 saturated heterocycles. The number of hydrogen-bond acceptors (Lipinski definition) is 8. The van der Waals surface area contributed by atoms with Gasteiger partial charge in [0.15, 0.2) is 10.9 Å². The number of aliphatic hydroxyl groups excluding tert-OH is 1. The van der Waals surface area contributed by atoms with E-state index in [9.17, 15) is 14.7 Å². The van der Waals surface area contributed by atoms with Crippen LogP contribution in [0.4, 0.5) is 5.13 Å². The van der Waals surface area contributed by atoms with Gasteiger partial charge in [-0.25, -0.2) is 9.97 Å². The summed E-state index contributed by atoms with van der Waals surface area (Å²) in [5.41, 5.74) is 3.70. The Hall–Kier alpha value is -4.70. The van der Waals surface area contributed by atoms with Crippen molar-refractivity contribution < 1.29 is 24.2 Å². The van der Waals surface area contributed by atoms with Gasteiger partial charge in [-0.15, -0.1) is 0 Å². The molecule has 0 aliphatic carbocycles. The number of hydrogen-bond donors (Lipinski definition) is 1. The van der Waals surface area contributed by atoms with E-state index in [2.05, 4.69) is 11.9 Å². The predicted molar refractivity (Wildman–Crippen MR) is 162 cm³/mol. The van der Waals surface area contributed by atoms with E-state index in [1.807, 2.05) is 73.0 Å². The summed E-state index contributed by atoms with van der Waals surface area (Å²) in [4.78, 5) is 38.3. The molecular formula is C32H30N4O5S. The van der Waals surface area contributed by atoms with Crippen molar-refractivity contribution in [1.29, 1.82) is 0 Å².